The molecule has 20 heavy (non-hydrogen) atoms. The molecule has 1 aliphatic heterocycles. The van der Waals surface area contributed by atoms with Crippen LogP contribution in [0.3, 0.4) is 0 Å². The summed E-state index contributed by atoms with van der Waals surface area (Å²) in [5.41, 5.74) is 8.79. The van der Waals surface area contributed by atoms with Gasteiger partial charge in [-0.3, -0.25) is 4.90 Å². The Labute approximate surface area is 121 Å². The van der Waals surface area contributed by atoms with Gasteiger partial charge in [-0.1, -0.05) is 30.3 Å². The van der Waals surface area contributed by atoms with E-state index in [1.807, 2.05) is 18.2 Å². The molecule has 5 heteroatoms. The van der Waals surface area contributed by atoms with Crippen LogP contribution in [0, 0.1) is 0 Å². The average Bonchev–Trinajstić information content (AvgIpc) is 2.95. The van der Waals surface area contributed by atoms with Crippen LogP contribution in [0.25, 0.3) is 0 Å². The molecule has 3 rings (SSSR count). The van der Waals surface area contributed by atoms with Gasteiger partial charge in [-0.05, 0) is 11.1 Å². The summed E-state index contributed by atoms with van der Waals surface area (Å²) >= 11 is 1.50. The summed E-state index contributed by atoms with van der Waals surface area (Å²) in [4.78, 5) is 15.3. The predicted octanol–water partition coefficient (Wildman–Crippen LogP) is 2.63. The van der Waals surface area contributed by atoms with Crippen molar-refractivity contribution in [3.05, 3.63) is 51.9 Å². The summed E-state index contributed by atoms with van der Waals surface area (Å²) < 4.78 is 4.82. The first-order chi connectivity index (χ1) is 9.69. The van der Waals surface area contributed by atoms with Gasteiger partial charge in [0.25, 0.3) is 0 Å². The van der Waals surface area contributed by atoms with Gasteiger partial charge in [-0.2, -0.15) is 0 Å². The lowest BCUT2D eigenvalue weighted by atomic mass is 10.1. The zero-order valence-corrected chi connectivity index (χ0v) is 12.1. The van der Waals surface area contributed by atoms with Gasteiger partial charge in [-0.25, -0.2) is 4.79 Å². The SMILES string of the molecule is COC(=O)c1c(N)sc2c1CN(Cc1ccccc1)C2. The van der Waals surface area contributed by atoms with E-state index in [-0.39, 0.29) is 5.97 Å². The fourth-order valence-electron chi connectivity index (χ4n) is 2.59. The van der Waals surface area contributed by atoms with E-state index in [1.165, 1.54) is 28.9 Å². The number of carbonyl (C=O) groups excluding carboxylic acids is 1. The molecule has 0 atom stereocenters. The van der Waals surface area contributed by atoms with E-state index in [4.69, 9.17) is 10.5 Å². The fourth-order valence-corrected chi connectivity index (χ4v) is 3.70. The zero-order valence-electron chi connectivity index (χ0n) is 11.3. The first-order valence-electron chi connectivity index (χ1n) is 6.43. The van der Waals surface area contributed by atoms with Crippen molar-refractivity contribution in [3.8, 4) is 0 Å². The number of hydrogen-bond acceptors (Lipinski definition) is 5. The van der Waals surface area contributed by atoms with Crippen molar-refractivity contribution in [3.63, 3.8) is 0 Å². The molecule has 1 aromatic carbocycles. The molecule has 1 aromatic heterocycles. The Morgan fingerprint density at radius 3 is 2.80 bits per heavy atom. The van der Waals surface area contributed by atoms with E-state index in [2.05, 4.69) is 17.0 Å². The number of anilines is 1. The number of methoxy groups -OCH3 is 1. The number of rotatable bonds is 3. The molecule has 2 heterocycles. The Kier molecular flexibility index (Phi) is 3.46. The van der Waals surface area contributed by atoms with E-state index < -0.39 is 0 Å². The molecular weight excluding hydrogens is 272 g/mol. The molecule has 0 unspecified atom stereocenters. The summed E-state index contributed by atoms with van der Waals surface area (Å²) in [7, 11) is 1.39. The molecular formula is C15H16N2O2S. The minimum absolute atomic E-state index is 0.332. The van der Waals surface area contributed by atoms with Crippen LogP contribution in [-0.2, 0) is 24.4 Å². The van der Waals surface area contributed by atoms with Crippen LogP contribution in [0.15, 0.2) is 30.3 Å². The number of nitrogens with zero attached hydrogens (tertiary/aromatic N) is 1. The van der Waals surface area contributed by atoms with Gasteiger partial charge in [0.2, 0.25) is 0 Å². The Morgan fingerprint density at radius 1 is 1.35 bits per heavy atom. The Balaban J connectivity index is 1.79. The molecule has 0 amide bonds. The summed E-state index contributed by atoms with van der Waals surface area (Å²) in [5, 5.41) is 0.571. The Bertz CT molecular complexity index is 637. The standard InChI is InChI=1S/C15H16N2O2S/c1-19-15(18)13-11-8-17(9-12(11)20-14(13)16)7-10-5-3-2-4-6-10/h2-6H,7-9,16H2,1H3. The van der Waals surface area contributed by atoms with Gasteiger partial charge >= 0.3 is 5.97 Å². The van der Waals surface area contributed by atoms with E-state index in [9.17, 15) is 4.79 Å². The van der Waals surface area contributed by atoms with Crippen LogP contribution < -0.4 is 5.73 Å². The van der Waals surface area contributed by atoms with Crippen molar-refractivity contribution in [1.82, 2.24) is 4.90 Å². The number of nitrogen functional groups attached to an aromatic ring is 1. The van der Waals surface area contributed by atoms with Crippen LogP contribution in [0.2, 0.25) is 0 Å². The highest BCUT2D eigenvalue weighted by molar-refractivity contribution is 7.16. The Morgan fingerprint density at radius 2 is 2.10 bits per heavy atom. The minimum Gasteiger partial charge on any atom is -0.465 e. The van der Waals surface area contributed by atoms with Gasteiger partial charge < -0.3 is 10.5 Å². The second kappa shape index (κ2) is 5.26. The number of ether oxygens (including phenoxy) is 1. The highest BCUT2D eigenvalue weighted by Crippen LogP contribution is 2.38. The predicted molar refractivity (Wildman–Crippen MR) is 79.5 cm³/mol. The van der Waals surface area contributed by atoms with Gasteiger partial charge in [0.1, 0.15) is 5.00 Å². The number of hydrogen-bond donors (Lipinski definition) is 1. The maximum Gasteiger partial charge on any atom is 0.341 e. The van der Waals surface area contributed by atoms with Crippen LogP contribution in [0.4, 0.5) is 5.00 Å². The number of nitrogens with two attached hydrogens (primary N) is 1. The first-order valence-corrected chi connectivity index (χ1v) is 7.25. The summed E-state index contributed by atoms with van der Waals surface area (Å²) in [6, 6.07) is 10.3. The number of esters is 1. The number of fused-ring (bicyclic) bond motifs is 1. The van der Waals surface area contributed by atoms with Crippen LogP contribution in [-0.4, -0.2) is 18.0 Å². The van der Waals surface area contributed by atoms with Gasteiger partial charge in [0.05, 0.1) is 12.7 Å². The highest BCUT2D eigenvalue weighted by atomic mass is 32.1. The van der Waals surface area contributed by atoms with Crippen LogP contribution in [0.5, 0.6) is 0 Å². The third kappa shape index (κ3) is 2.30. The van der Waals surface area contributed by atoms with Gasteiger partial charge in [-0.15, -0.1) is 11.3 Å². The van der Waals surface area contributed by atoms with Gasteiger partial charge in [0.15, 0.2) is 0 Å². The monoisotopic (exact) mass is 288 g/mol. The maximum atomic E-state index is 11.8. The molecule has 0 aliphatic carbocycles. The molecule has 0 radical (unpaired) electrons. The molecule has 0 saturated heterocycles. The first kappa shape index (κ1) is 13.1. The quantitative estimate of drug-likeness (QED) is 0.882. The summed E-state index contributed by atoms with van der Waals surface area (Å²) in [6.45, 7) is 2.47. The number of thiophene rings is 1. The fraction of sp³-hybridized carbons (Fsp3) is 0.267. The number of benzene rings is 1. The second-order valence-electron chi connectivity index (χ2n) is 4.87. The summed E-state index contributed by atoms with van der Waals surface area (Å²) in [5.74, 6) is -0.332. The molecule has 0 saturated carbocycles. The third-order valence-electron chi connectivity index (χ3n) is 3.51. The minimum atomic E-state index is -0.332. The van der Waals surface area contributed by atoms with Crippen LogP contribution in [0.1, 0.15) is 26.4 Å². The van der Waals surface area contributed by atoms with Gasteiger partial charge in [0, 0.05) is 24.5 Å². The normalized spacial score (nSPS) is 14.2. The zero-order chi connectivity index (χ0) is 14.1. The molecule has 1 aliphatic rings. The van der Waals surface area contributed by atoms with E-state index >= 15 is 0 Å². The largest absolute Gasteiger partial charge is 0.465 e. The lowest BCUT2D eigenvalue weighted by molar-refractivity contribution is 0.0600. The molecule has 0 spiro atoms. The van der Waals surface area contributed by atoms with Crippen molar-refractivity contribution in [2.24, 2.45) is 0 Å². The van der Waals surface area contributed by atoms with E-state index in [0.717, 1.165) is 25.2 Å². The lowest BCUT2D eigenvalue weighted by Crippen LogP contribution is -2.16. The van der Waals surface area contributed by atoms with Crippen molar-refractivity contribution in [1.29, 1.82) is 0 Å². The van der Waals surface area contributed by atoms with E-state index in [1.54, 1.807) is 0 Å². The van der Waals surface area contributed by atoms with Crippen molar-refractivity contribution in [2.45, 2.75) is 19.6 Å². The Hall–Kier alpha value is -1.85. The molecule has 104 valence electrons. The van der Waals surface area contributed by atoms with Crippen molar-refractivity contribution < 1.29 is 9.53 Å². The lowest BCUT2D eigenvalue weighted by Gasteiger charge is -2.15. The van der Waals surface area contributed by atoms with Crippen LogP contribution >= 0.6 is 11.3 Å². The van der Waals surface area contributed by atoms with Crippen molar-refractivity contribution in [2.75, 3.05) is 12.8 Å². The maximum absolute atomic E-state index is 11.8. The molecule has 2 aromatic rings. The number of carbonyl (C=O) groups is 1. The molecule has 0 bridgehead atoms. The summed E-state index contributed by atoms with van der Waals surface area (Å²) in [6.07, 6.45) is 0. The smallest absolute Gasteiger partial charge is 0.341 e. The molecule has 2 N–H and O–H groups in total. The average molecular weight is 288 g/mol. The topological polar surface area (TPSA) is 55.6 Å². The molecule has 4 nitrogen and oxygen atoms in total. The van der Waals surface area contributed by atoms with E-state index in [0.29, 0.717) is 10.6 Å². The molecule has 0 fully saturated rings. The van der Waals surface area contributed by atoms with Crippen molar-refractivity contribution >= 4 is 22.3 Å². The second-order valence-corrected chi connectivity index (χ2v) is 6.00. The highest BCUT2D eigenvalue weighted by Gasteiger charge is 2.29. The third-order valence-corrected chi connectivity index (χ3v) is 4.55.